The number of nitrogens with zero attached hydrogens (tertiary/aromatic N) is 2. The first-order valence-corrected chi connectivity index (χ1v) is 6.02. The average molecular weight is 279 g/mol. The lowest BCUT2D eigenvalue weighted by molar-refractivity contribution is 0.477. The number of phenols is 1. The molecule has 0 bridgehead atoms. The van der Waals surface area contributed by atoms with Crippen LogP contribution in [0.4, 0.5) is 0 Å². The van der Waals surface area contributed by atoms with E-state index in [1.54, 1.807) is 41.1 Å². The third-order valence-corrected chi connectivity index (χ3v) is 3.11. The first-order chi connectivity index (χ1) is 8.63. The molecule has 0 aliphatic rings. The second-order valence-corrected chi connectivity index (χ2v) is 4.77. The van der Waals surface area contributed by atoms with Gasteiger partial charge in [-0.1, -0.05) is 23.2 Å². The van der Waals surface area contributed by atoms with Crippen molar-refractivity contribution in [2.45, 2.75) is 0 Å². The minimum atomic E-state index is 0.147. The van der Waals surface area contributed by atoms with Gasteiger partial charge in [-0.2, -0.15) is 0 Å². The first kappa shape index (κ1) is 11.4. The summed E-state index contributed by atoms with van der Waals surface area (Å²) in [5.41, 5.74) is 2.01. The number of benzene rings is 1. The summed E-state index contributed by atoms with van der Waals surface area (Å²) in [4.78, 5) is 4.41. The Hall–Kier alpha value is -1.71. The lowest BCUT2D eigenvalue weighted by atomic mass is 10.1. The van der Waals surface area contributed by atoms with Crippen molar-refractivity contribution in [2.75, 3.05) is 0 Å². The molecule has 3 aromatic rings. The maximum absolute atomic E-state index is 9.83. The standard InChI is InChI=1S/C13H8Cl2N2O/c14-8-1-3-12(18)10(5-8)11-7-17-6-9(15)2-4-13(17)16-11/h1-7,18H. The minimum absolute atomic E-state index is 0.147. The number of fused-ring (bicyclic) bond motifs is 1. The van der Waals surface area contributed by atoms with Gasteiger partial charge < -0.3 is 9.51 Å². The third kappa shape index (κ3) is 1.92. The van der Waals surface area contributed by atoms with Crippen molar-refractivity contribution in [1.82, 2.24) is 9.38 Å². The second kappa shape index (κ2) is 4.19. The molecule has 0 atom stereocenters. The Labute approximate surface area is 113 Å². The highest BCUT2D eigenvalue weighted by Gasteiger charge is 2.09. The molecule has 90 valence electrons. The summed E-state index contributed by atoms with van der Waals surface area (Å²) >= 11 is 11.8. The van der Waals surface area contributed by atoms with Crippen molar-refractivity contribution < 1.29 is 5.11 Å². The van der Waals surface area contributed by atoms with Crippen molar-refractivity contribution >= 4 is 28.8 Å². The van der Waals surface area contributed by atoms with E-state index in [-0.39, 0.29) is 5.75 Å². The maximum Gasteiger partial charge on any atom is 0.137 e. The first-order valence-electron chi connectivity index (χ1n) is 5.26. The van der Waals surface area contributed by atoms with E-state index < -0.39 is 0 Å². The Bertz CT molecular complexity index is 737. The summed E-state index contributed by atoms with van der Waals surface area (Å²) in [7, 11) is 0. The molecule has 18 heavy (non-hydrogen) atoms. The van der Waals surface area contributed by atoms with E-state index in [2.05, 4.69) is 4.98 Å². The molecule has 3 nitrogen and oxygen atoms in total. The van der Waals surface area contributed by atoms with Crippen LogP contribution >= 0.6 is 23.2 Å². The van der Waals surface area contributed by atoms with E-state index in [4.69, 9.17) is 23.2 Å². The number of phenolic OH excluding ortho intramolecular Hbond substituents is 1. The molecule has 1 aromatic carbocycles. The Morgan fingerprint density at radius 1 is 1.00 bits per heavy atom. The molecule has 0 aliphatic heterocycles. The molecule has 1 N–H and O–H groups in total. The van der Waals surface area contributed by atoms with E-state index in [0.29, 0.717) is 21.3 Å². The molecule has 0 spiro atoms. The van der Waals surface area contributed by atoms with E-state index in [1.165, 1.54) is 0 Å². The number of hydrogen-bond donors (Lipinski definition) is 1. The van der Waals surface area contributed by atoms with Gasteiger partial charge in [0, 0.05) is 23.0 Å². The predicted octanol–water partition coefficient (Wildman–Crippen LogP) is 4.01. The predicted molar refractivity (Wildman–Crippen MR) is 72.3 cm³/mol. The quantitative estimate of drug-likeness (QED) is 0.730. The number of pyridine rings is 1. The van der Waals surface area contributed by atoms with Crippen LogP contribution in [-0.4, -0.2) is 14.5 Å². The molecule has 5 heteroatoms. The summed E-state index contributed by atoms with van der Waals surface area (Å²) in [6, 6.07) is 8.45. The van der Waals surface area contributed by atoms with Gasteiger partial charge >= 0.3 is 0 Å². The van der Waals surface area contributed by atoms with Crippen molar-refractivity contribution in [3.05, 3.63) is 52.8 Å². The Morgan fingerprint density at radius 2 is 1.78 bits per heavy atom. The van der Waals surface area contributed by atoms with E-state index >= 15 is 0 Å². The number of rotatable bonds is 1. The van der Waals surface area contributed by atoms with Crippen LogP contribution in [0.5, 0.6) is 5.75 Å². The highest BCUT2D eigenvalue weighted by atomic mass is 35.5. The summed E-state index contributed by atoms with van der Waals surface area (Å²) in [6.07, 6.45) is 3.56. The molecule has 2 aromatic heterocycles. The normalized spacial score (nSPS) is 11.0. The van der Waals surface area contributed by atoms with Gasteiger partial charge in [0.05, 0.1) is 10.7 Å². The topological polar surface area (TPSA) is 37.5 Å². The van der Waals surface area contributed by atoms with Crippen LogP contribution in [-0.2, 0) is 0 Å². The van der Waals surface area contributed by atoms with Gasteiger partial charge in [-0.3, -0.25) is 0 Å². The van der Waals surface area contributed by atoms with Crippen molar-refractivity contribution in [3.63, 3.8) is 0 Å². The zero-order valence-electron chi connectivity index (χ0n) is 9.14. The van der Waals surface area contributed by atoms with Gasteiger partial charge in [-0.05, 0) is 30.3 Å². The van der Waals surface area contributed by atoms with Crippen LogP contribution < -0.4 is 0 Å². The van der Waals surface area contributed by atoms with Crippen LogP contribution in [0.1, 0.15) is 0 Å². The molecule has 0 saturated carbocycles. The fourth-order valence-corrected chi connectivity index (χ4v) is 2.15. The van der Waals surface area contributed by atoms with Crippen LogP contribution in [0.3, 0.4) is 0 Å². The zero-order chi connectivity index (χ0) is 12.7. The molecular weight excluding hydrogens is 271 g/mol. The number of aromatic hydroxyl groups is 1. The fourth-order valence-electron chi connectivity index (χ4n) is 1.81. The highest BCUT2D eigenvalue weighted by Crippen LogP contribution is 2.31. The van der Waals surface area contributed by atoms with Gasteiger partial charge in [0.25, 0.3) is 0 Å². The molecule has 0 unspecified atom stereocenters. The van der Waals surface area contributed by atoms with Gasteiger partial charge in [-0.25, -0.2) is 4.98 Å². The Balaban J connectivity index is 2.22. The largest absolute Gasteiger partial charge is 0.507 e. The maximum atomic E-state index is 9.83. The van der Waals surface area contributed by atoms with Gasteiger partial charge in [0.2, 0.25) is 0 Å². The van der Waals surface area contributed by atoms with E-state index in [0.717, 1.165) is 5.65 Å². The third-order valence-electron chi connectivity index (χ3n) is 2.65. The lowest BCUT2D eigenvalue weighted by Gasteiger charge is -2.00. The number of aromatic nitrogens is 2. The van der Waals surface area contributed by atoms with Gasteiger partial charge in [0.1, 0.15) is 11.4 Å². The molecule has 2 heterocycles. The summed E-state index contributed by atoms with van der Waals surface area (Å²) in [6.45, 7) is 0. The van der Waals surface area contributed by atoms with Crippen molar-refractivity contribution in [2.24, 2.45) is 0 Å². The van der Waals surface area contributed by atoms with Crippen molar-refractivity contribution in [1.29, 1.82) is 0 Å². The number of halogens is 2. The molecule has 0 radical (unpaired) electrons. The highest BCUT2D eigenvalue weighted by molar-refractivity contribution is 6.31. The molecule has 3 rings (SSSR count). The minimum Gasteiger partial charge on any atom is -0.507 e. The van der Waals surface area contributed by atoms with Gasteiger partial charge in [-0.15, -0.1) is 0 Å². The average Bonchev–Trinajstić information content (AvgIpc) is 2.74. The van der Waals surface area contributed by atoms with Crippen LogP contribution in [0.15, 0.2) is 42.7 Å². The molecule has 0 fully saturated rings. The lowest BCUT2D eigenvalue weighted by Crippen LogP contribution is -1.79. The monoisotopic (exact) mass is 278 g/mol. The van der Waals surface area contributed by atoms with Crippen molar-refractivity contribution in [3.8, 4) is 17.0 Å². The zero-order valence-corrected chi connectivity index (χ0v) is 10.7. The van der Waals surface area contributed by atoms with E-state index in [1.807, 2.05) is 6.07 Å². The molecule has 0 amide bonds. The van der Waals surface area contributed by atoms with E-state index in [9.17, 15) is 5.11 Å². The SMILES string of the molecule is Oc1ccc(Cl)cc1-c1cn2cc(Cl)ccc2n1. The van der Waals surface area contributed by atoms with Crippen LogP contribution in [0.2, 0.25) is 10.0 Å². The summed E-state index contributed by atoms with van der Waals surface area (Å²) in [5, 5.41) is 11.0. The fraction of sp³-hybridized carbons (Fsp3) is 0. The van der Waals surface area contributed by atoms with Gasteiger partial charge in [0.15, 0.2) is 0 Å². The summed E-state index contributed by atoms with van der Waals surface area (Å²) < 4.78 is 1.80. The summed E-state index contributed by atoms with van der Waals surface area (Å²) in [5.74, 6) is 0.147. The molecule has 0 saturated heterocycles. The molecular formula is C13H8Cl2N2O. The Kier molecular flexibility index (Phi) is 2.65. The molecule has 0 aliphatic carbocycles. The smallest absolute Gasteiger partial charge is 0.137 e. The second-order valence-electron chi connectivity index (χ2n) is 3.90. The van der Waals surface area contributed by atoms with Crippen LogP contribution in [0.25, 0.3) is 16.9 Å². The number of imidazole rings is 1. The van der Waals surface area contributed by atoms with Crippen LogP contribution in [0, 0.1) is 0 Å². The Morgan fingerprint density at radius 3 is 2.61 bits per heavy atom. The number of hydrogen-bond acceptors (Lipinski definition) is 2.